The summed E-state index contributed by atoms with van der Waals surface area (Å²) in [6, 6.07) is 22.8. The molecule has 0 unspecified atom stereocenters. The predicted octanol–water partition coefficient (Wildman–Crippen LogP) is 8.81. The summed E-state index contributed by atoms with van der Waals surface area (Å²) in [5.74, 6) is -1.12. The lowest BCUT2D eigenvalue weighted by molar-refractivity contribution is -0.137. The number of nitrogens with zero attached hydrogens (tertiary/aromatic N) is 2. The summed E-state index contributed by atoms with van der Waals surface area (Å²) >= 11 is 6.35. The Hall–Kier alpha value is -4.12. The van der Waals surface area contributed by atoms with Gasteiger partial charge in [-0.2, -0.15) is 13.2 Å². The van der Waals surface area contributed by atoms with Gasteiger partial charge in [-0.25, -0.2) is 13.9 Å². The van der Waals surface area contributed by atoms with E-state index in [4.69, 9.17) is 25.2 Å². The third kappa shape index (κ3) is 7.99. The Kier molecular flexibility index (Phi) is 10.2. The van der Waals surface area contributed by atoms with Crippen molar-refractivity contribution in [3.8, 4) is 22.4 Å². The fraction of sp³-hybridized carbons (Fsp3) is 0.152. The molecule has 7 nitrogen and oxygen atoms in total. The molecule has 2 heterocycles. The van der Waals surface area contributed by atoms with E-state index in [-0.39, 0.29) is 46.3 Å². The van der Waals surface area contributed by atoms with Crippen LogP contribution in [0, 0.1) is 25.1 Å². The van der Waals surface area contributed by atoms with E-state index >= 15 is 0 Å². The first-order valence-electron chi connectivity index (χ1n) is 13.6. The molecule has 0 saturated carbocycles. The Labute approximate surface area is 266 Å². The molecule has 0 N–H and O–H groups in total. The largest absolute Gasteiger partial charge is 0.477 e. The Balaban J connectivity index is 1.39. The van der Waals surface area contributed by atoms with Crippen molar-refractivity contribution in [3.63, 3.8) is 0 Å². The number of benzene rings is 3. The van der Waals surface area contributed by atoms with Gasteiger partial charge in [-0.1, -0.05) is 72.3 Å². The van der Waals surface area contributed by atoms with Gasteiger partial charge in [0, 0.05) is 16.8 Å². The lowest BCUT2D eigenvalue weighted by Gasteiger charge is -2.20. The minimum absolute atomic E-state index is 0.0103. The van der Waals surface area contributed by atoms with Crippen LogP contribution >= 0.6 is 19.4 Å². The van der Waals surface area contributed by atoms with Gasteiger partial charge in [-0.3, -0.25) is 18.4 Å². The Morgan fingerprint density at radius 1 is 0.891 bits per heavy atom. The second-order valence-corrected chi connectivity index (χ2v) is 12.0. The molecule has 0 fully saturated rings. The zero-order valence-electron chi connectivity index (χ0n) is 24.1. The van der Waals surface area contributed by atoms with Crippen LogP contribution in [-0.4, -0.2) is 9.55 Å². The number of pyridine rings is 2. The number of phosphoric ester groups is 1. The first-order valence-corrected chi connectivity index (χ1v) is 15.5. The molecule has 0 aliphatic heterocycles. The molecule has 0 saturated heterocycles. The zero-order chi connectivity index (χ0) is 32.9. The first-order chi connectivity index (χ1) is 21.9. The van der Waals surface area contributed by atoms with Gasteiger partial charge in [-0.05, 0) is 48.4 Å². The average Bonchev–Trinajstić information content (AvgIpc) is 3.06. The lowest BCUT2D eigenvalue weighted by atomic mass is 10.0. The fourth-order valence-corrected chi connectivity index (χ4v) is 5.51. The van der Waals surface area contributed by atoms with Crippen molar-refractivity contribution >= 4 is 19.4 Å². The molecule has 13 heteroatoms. The molecular formula is C33H24ClF4N2O5P. The van der Waals surface area contributed by atoms with Crippen molar-refractivity contribution in [2.24, 2.45) is 0 Å². The van der Waals surface area contributed by atoms with Gasteiger partial charge < -0.3 is 4.57 Å². The maximum atomic E-state index is 14.5. The molecule has 46 heavy (non-hydrogen) atoms. The molecule has 3 aromatic carbocycles. The van der Waals surface area contributed by atoms with E-state index in [0.717, 1.165) is 23.3 Å². The molecule has 0 bridgehead atoms. The third-order valence-electron chi connectivity index (χ3n) is 6.75. The molecule has 0 aliphatic carbocycles. The predicted molar refractivity (Wildman–Crippen MR) is 163 cm³/mol. The summed E-state index contributed by atoms with van der Waals surface area (Å²) in [7, 11) is -4.20. The van der Waals surface area contributed by atoms with Crippen LogP contribution in [0.5, 0.6) is 0 Å². The van der Waals surface area contributed by atoms with Crippen LogP contribution in [0.4, 0.5) is 17.6 Å². The maximum absolute atomic E-state index is 14.5. The van der Waals surface area contributed by atoms with Crippen LogP contribution in [0.15, 0.2) is 95.8 Å². The molecule has 0 atom stereocenters. The average molecular weight is 671 g/mol. The van der Waals surface area contributed by atoms with E-state index < -0.39 is 37.5 Å². The SMILES string of the molecule is Cc1c(Cl)c(=O)c(-c2[c]nc(-c3ccc(C(F)(F)F)cc3F)cc2)[c]n1COP(=O)(OCc1ccccc1)OCc1ccccc1. The minimum Gasteiger partial charge on any atom is -0.317 e. The highest BCUT2D eigenvalue weighted by atomic mass is 35.5. The summed E-state index contributed by atoms with van der Waals surface area (Å²) in [4.78, 5) is 17.1. The topological polar surface area (TPSA) is 79.7 Å². The standard InChI is InChI=1S/C33H24ClF4N2O5P/c1-22-31(34)32(41)28(25-12-15-30(39-17-25)27-14-13-26(16-29(27)35)33(36,37)38)18-40(22)21-45-46(42,43-19-23-8-4-2-5-9-23)44-20-24-10-6-3-7-11-24/h2-16H,19-21H2,1H3. The van der Waals surface area contributed by atoms with Crippen molar-refractivity contribution in [3.05, 3.63) is 147 Å². The van der Waals surface area contributed by atoms with E-state index in [1.165, 1.54) is 23.6 Å². The summed E-state index contributed by atoms with van der Waals surface area (Å²) in [6.07, 6.45) is 0.740. The van der Waals surface area contributed by atoms with E-state index in [1.54, 1.807) is 48.5 Å². The van der Waals surface area contributed by atoms with E-state index in [2.05, 4.69) is 17.4 Å². The van der Waals surface area contributed by atoms with E-state index in [1.807, 2.05) is 12.1 Å². The summed E-state index contributed by atoms with van der Waals surface area (Å²) < 4.78 is 85.3. The normalized spacial score (nSPS) is 12.0. The maximum Gasteiger partial charge on any atom is 0.477 e. The van der Waals surface area contributed by atoms with Crippen molar-refractivity contribution in [1.29, 1.82) is 0 Å². The smallest absolute Gasteiger partial charge is 0.317 e. The number of hydrogen-bond acceptors (Lipinski definition) is 6. The third-order valence-corrected chi connectivity index (χ3v) is 8.52. The van der Waals surface area contributed by atoms with Crippen LogP contribution in [0.25, 0.3) is 22.4 Å². The number of halogens is 5. The van der Waals surface area contributed by atoms with E-state index in [0.29, 0.717) is 6.07 Å². The van der Waals surface area contributed by atoms with Gasteiger partial charge in [0.15, 0.2) is 0 Å². The summed E-state index contributed by atoms with van der Waals surface area (Å²) in [5.41, 5.74) is -0.227. The number of phosphoric acid groups is 1. The molecular weight excluding hydrogens is 647 g/mol. The van der Waals surface area contributed by atoms with Crippen LogP contribution in [0.3, 0.4) is 0 Å². The van der Waals surface area contributed by atoms with Gasteiger partial charge in [-0.15, -0.1) is 0 Å². The first kappa shape index (κ1) is 33.2. The minimum atomic E-state index is -4.71. The Morgan fingerprint density at radius 3 is 2.02 bits per heavy atom. The van der Waals surface area contributed by atoms with Gasteiger partial charge >= 0.3 is 14.0 Å². The van der Waals surface area contributed by atoms with Crippen LogP contribution < -0.4 is 5.43 Å². The molecule has 2 radical (unpaired) electrons. The quantitative estimate of drug-likeness (QED) is 0.103. The molecule has 236 valence electrons. The molecule has 5 aromatic rings. The highest BCUT2D eigenvalue weighted by Crippen LogP contribution is 2.51. The van der Waals surface area contributed by atoms with E-state index in [9.17, 15) is 26.9 Å². The molecule has 2 aromatic heterocycles. The van der Waals surface area contributed by atoms with Gasteiger partial charge in [0.1, 0.15) is 17.6 Å². The monoisotopic (exact) mass is 670 g/mol. The number of alkyl halides is 3. The second kappa shape index (κ2) is 14.1. The van der Waals surface area contributed by atoms with Gasteiger partial charge in [0.05, 0.1) is 42.4 Å². The summed E-state index contributed by atoms with van der Waals surface area (Å²) in [6.45, 7) is 0.949. The Morgan fingerprint density at radius 2 is 1.50 bits per heavy atom. The van der Waals surface area contributed by atoms with Crippen molar-refractivity contribution in [1.82, 2.24) is 9.55 Å². The van der Waals surface area contributed by atoms with Gasteiger partial charge in [0.25, 0.3) is 0 Å². The number of aromatic nitrogens is 2. The number of rotatable bonds is 11. The Bertz CT molecular complexity index is 1870. The lowest BCUT2D eigenvalue weighted by Crippen LogP contribution is -2.17. The van der Waals surface area contributed by atoms with Crippen LogP contribution in [-0.2, 0) is 44.3 Å². The molecule has 0 spiro atoms. The molecule has 0 amide bonds. The fourth-order valence-electron chi connectivity index (χ4n) is 4.22. The highest BCUT2D eigenvalue weighted by molar-refractivity contribution is 7.48. The van der Waals surface area contributed by atoms with Crippen molar-refractivity contribution in [2.75, 3.05) is 0 Å². The zero-order valence-corrected chi connectivity index (χ0v) is 25.7. The van der Waals surface area contributed by atoms with Crippen molar-refractivity contribution in [2.45, 2.75) is 33.0 Å². The molecule has 0 aliphatic rings. The highest BCUT2D eigenvalue weighted by Gasteiger charge is 2.31. The van der Waals surface area contributed by atoms with Crippen molar-refractivity contribution < 1.29 is 35.7 Å². The number of hydrogen-bond donors (Lipinski definition) is 0. The van der Waals surface area contributed by atoms with Crippen LogP contribution in [0.2, 0.25) is 5.02 Å². The van der Waals surface area contributed by atoms with Gasteiger partial charge in [0.2, 0.25) is 5.43 Å². The second-order valence-electron chi connectivity index (χ2n) is 9.92. The van der Waals surface area contributed by atoms with Crippen LogP contribution in [0.1, 0.15) is 22.4 Å². The summed E-state index contributed by atoms with van der Waals surface area (Å²) in [5, 5.41) is -0.186. The molecule has 5 rings (SSSR count).